The molecule has 0 saturated carbocycles. The van der Waals surface area contributed by atoms with E-state index in [9.17, 15) is 26.3 Å². The summed E-state index contributed by atoms with van der Waals surface area (Å²) in [6.07, 6.45) is -9.58. The molecule has 0 aromatic carbocycles. The molecule has 0 amide bonds. The van der Waals surface area contributed by atoms with Gasteiger partial charge in [-0.3, -0.25) is 0 Å². The number of hydrogen-bond acceptors (Lipinski definition) is 3. The zero-order valence-electron chi connectivity index (χ0n) is 8.95. The fourth-order valence-electron chi connectivity index (χ4n) is 1.81. The highest BCUT2D eigenvalue weighted by Gasteiger charge is 2.43. The Balaban J connectivity index is 2.48. The van der Waals surface area contributed by atoms with Crippen LogP contribution in [0.4, 0.5) is 26.3 Å². The third-order valence-corrected chi connectivity index (χ3v) is 6.83. The number of fused-ring (bicyclic) bond motifs is 3. The van der Waals surface area contributed by atoms with E-state index in [1.165, 1.54) is 6.07 Å². The Morgan fingerprint density at radius 2 is 1.40 bits per heavy atom. The molecule has 0 bridgehead atoms. The van der Waals surface area contributed by atoms with Crippen molar-refractivity contribution in [2.75, 3.05) is 0 Å². The Bertz CT molecular complexity index is 803. The molecule has 3 heterocycles. The van der Waals surface area contributed by atoms with E-state index < -0.39 is 22.1 Å². The van der Waals surface area contributed by atoms with Crippen molar-refractivity contribution in [1.82, 2.24) is 0 Å². The molecule has 0 unspecified atom stereocenters. The number of rotatable bonds is 0. The van der Waals surface area contributed by atoms with Crippen molar-refractivity contribution in [2.24, 2.45) is 0 Å². The fraction of sp³-hybridized carbons (Fsp3) is 0.200. The Kier molecular flexibility index (Phi) is 3.17. The summed E-state index contributed by atoms with van der Waals surface area (Å²) in [6, 6.07) is 1.54. The summed E-state index contributed by atoms with van der Waals surface area (Å²) in [5.74, 6) is 0. The molecule has 0 aliphatic heterocycles. The predicted molar refractivity (Wildman–Crippen MR) is 72.8 cm³/mol. The van der Waals surface area contributed by atoms with Crippen molar-refractivity contribution >= 4 is 69.4 Å². The standard InChI is InChI=1S/C10HBrF6S3/c11-3-1-2-5(19-3)4-6(18-2)8(10(15,16)17)20-7(4)9(12,13)14/h1H. The fourth-order valence-corrected chi connectivity index (χ4v) is 6.33. The molecule has 0 radical (unpaired) electrons. The smallest absolute Gasteiger partial charge is 0.165 e. The third kappa shape index (κ3) is 2.16. The zero-order valence-corrected chi connectivity index (χ0v) is 13.0. The lowest BCUT2D eigenvalue weighted by molar-refractivity contribution is -0.134. The van der Waals surface area contributed by atoms with Gasteiger partial charge in [-0.2, -0.15) is 26.3 Å². The maximum absolute atomic E-state index is 13.0. The molecule has 0 N–H and O–H groups in total. The topological polar surface area (TPSA) is 0 Å². The van der Waals surface area contributed by atoms with Gasteiger partial charge in [-0.25, -0.2) is 0 Å². The summed E-state index contributed by atoms with van der Waals surface area (Å²) >= 11 is 4.66. The molecule has 108 valence electrons. The van der Waals surface area contributed by atoms with Gasteiger partial charge in [0.25, 0.3) is 0 Å². The number of alkyl halides is 6. The predicted octanol–water partition coefficient (Wildman–Crippen LogP) is 6.98. The van der Waals surface area contributed by atoms with Crippen molar-refractivity contribution in [3.8, 4) is 0 Å². The lowest BCUT2D eigenvalue weighted by atomic mass is 10.2. The summed E-state index contributed by atoms with van der Waals surface area (Å²) in [5, 5.41) is -0.328. The molecule has 3 rings (SSSR count). The summed E-state index contributed by atoms with van der Waals surface area (Å²) < 4.78 is 78.5. The Hall–Kier alpha value is -0.320. The maximum atomic E-state index is 13.0. The molecule has 3 aromatic heterocycles. The van der Waals surface area contributed by atoms with E-state index in [0.717, 1.165) is 22.7 Å². The summed E-state index contributed by atoms with van der Waals surface area (Å²) in [7, 11) is 0. The molecule has 0 atom stereocenters. The van der Waals surface area contributed by atoms with Gasteiger partial charge in [0.15, 0.2) is 0 Å². The second-order valence-electron chi connectivity index (χ2n) is 3.81. The van der Waals surface area contributed by atoms with Crippen molar-refractivity contribution in [3.05, 3.63) is 19.6 Å². The normalized spacial score (nSPS) is 13.8. The second-order valence-corrected chi connectivity index (χ2v) is 8.31. The first-order valence-electron chi connectivity index (χ1n) is 4.87. The van der Waals surface area contributed by atoms with Gasteiger partial charge in [-0.1, -0.05) is 0 Å². The highest BCUT2D eigenvalue weighted by atomic mass is 79.9. The Labute approximate surface area is 127 Å². The van der Waals surface area contributed by atoms with Crippen molar-refractivity contribution in [2.45, 2.75) is 12.4 Å². The lowest BCUT2D eigenvalue weighted by Crippen LogP contribution is -2.03. The average Bonchev–Trinajstić information content (AvgIpc) is 2.82. The summed E-state index contributed by atoms with van der Waals surface area (Å²) in [4.78, 5) is -2.36. The van der Waals surface area contributed by atoms with Crippen LogP contribution in [0.25, 0.3) is 19.5 Å². The SMILES string of the molecule is FC(F)(F)c1sc(C(F)(F)F)c2c1sc1cc(Br)sc12. The minimum atomic E-state index is -4.79. The van der Waals surface area contributed by atoms with Gasteiger partial charge in [-0.05, 0) is 22.0 Å². The van der Waals surface area contributed by atoms with E-state index in [2.05, 4.69) is 15.9 Å². The van der Waals surface area contributed by atoms with Gasteiger partial charge in [-0.15, -0.1) is 34.0 Å². The summed E-state index contributed by atoms with van der Waals surface area (Å²) in [5.41, 5.74) is 0. The molecule has 0 nitrogen and oxygen atoms in total. The maximum Gasteiger partial charge on any atom is 0.427 e. The first kappa shape index (κ1) is 14.6. The van der Waals surface area contributed by atoms with Gasteiger partial charge in [0.2, 0.25) is 0 Å². The van der Waals surface area contributed by atoms with Crippen LogP contribution in [0.15, 0.2) is 9.85 Å². The monoisotopic (exact) mass is 410 g/mol. The first-order valence-corrected chi connectivity index (χ1v) is 8.12. The van der Waals surface area contributed by atoms with Crippen LogP contribution in [0.2, 0.25) is 0 Å². The molecule has 0 saturated heterocycles. The molecule has 0 spiro atoms. The molecule has 0 fully saturated rings. The van der Waals surface area contributed by atoms with Crippen molar-refractivity contribution < 1.29 is 26.3 Å². The molecular formula is C10HBrF6S3. The van der Waals surface area contributed by atoms with Gasteiger partial charge in [0.05, 0.1) is 13.2 Å². The second kappa shape index (κ2) is 4.34. The first-order chi connectivity index (χ1) is 9.09. The lowest BCUT2D eigenvalue weighted by Gasteiger charge is -2.03. The highest BCUT2D eigenvalue weighted by molar-refractivity contribution is 9.11. The van der Waals surface area contributed by atoms with Crippen LogP contribution in [0.5, 0.6) is 0 Å². The zero-order chi connectivity index (χ0) is 14.9. The quantitative estimate of drug-likeness (QED) is 0.350. The van der Waals surface area contributed by atoms with Crippen molar-refractivity contribution in [1.29, 1.82) is 0 Å². The average molecular weight is 411 g/mol. The van der Waals surface area contributed by atoms with Crippen LogP contribution in [0, 0.1) is 0 Å². The molecule has 10 heteroatoms. The molecule has 0 aliphatic carbocycles. The van der Waals surface area contributed by atoms with Gasteiger partial charge >= 0.3 is 12.4 Å². The summed E-state index contributed by atoms with van der Waals surface area (Å²) in [6.45, 7) is 0. The van der Waals surface area contributed by atoms with Gasteiger partial charge in [0.1, 0.15) is 9.75 Å². The highest BCUT2D eigenvalue weighted by Crippen LogP contribution is 2.54. The largest absolute Gasteiger partial charge is 0.427 e. The van der Waals surface area contributed by atoms with E-state index in [4.69, 9.17) is 0 Å². The minimum Gasteiger partial charge on any atom is -0.165 e. The number of thiophene rings is 3. The molecule has 3 aromatic rings. The van der Waals surface area contributed by atoms with E-state index in [0.29, 0.717) is 8.49 Å². The van der Waals surface area contributed by atoms with E-state index >= 15 is 0 Å². The van der Waals surface area contributed by atoms with Gasteiger partial charge < -0.3 is 0 Å². The van der Waals surface area contributed by atoms with Crippen LogP contribution < -0.4 is 0 Å². The van der Waals surface area contributed by atoms with Crippen molar-refractivity contribution in [3.63, 3.8) is 0 Å². The van der Waals surface area contributed by atoms with E-state index in [1.54, 1.807) is 0 Å². The molecule has 0 aliphatic rings. The van der Waals surface area contributed by atoms with Crippen LogP contribution in [0.1, 0.15) is 9.75 Å². The van der Waals surface area contributed by atoms with E-state index in [-0.39, 0.29) is 26.1 Å². The van der Waals surface area contributed by atoms with Crippen LogP contribution in [-0.2, 0) is 12.4 Å². The molecular weight excluding hydrogens is 410 g/mol. The van der Waals surface area contributed by atoms with Crippen LogP contribution >= 0.6 is 49.9 Å². The minimum absolute atomic E-state index is 0.231. The van der Waals surface area contributed by atoms with Crippen LogP contribution in [-0.4, -0.2) is 0 Å². The number of hydrogen-bond donors (Lipinski definition) is 0. The number of halogens is 7. The molecule has 20 heavy (non-hydrogen) atoms. The van der Waals surface area contributed by atoms with Gasteiger partial charge in [0, 0.05) is 10.1 Å². The van der Waals surface area contributed by atoms with E-state index in [1.807, 2.05) is 0 Å². The van der Waals surface area contributed by atoms with Crippen LogP contribution in [0.3, 0.4) is 0 Å². The third-order valence-electron chi connectivity index (χ3n) is 2.49. The Morgan fingerprint density at radius 1 is 0.800 bits per heavy atom. The Morgan fingerprint density at radius 3 is 1.95 bits per heavy atom.